The number of alkyl halides is 3. The van der Waals surface area contributed by atoms with Crippen molar-refractivity contribution in [3.8, 4) is 16.9 Å². The SMILES string of the molecule is CCC(=O)O.Cc1cccc(-c2ccc3c(c2)N(S(=O)(=O)c2cccc(C(F)(F)F)c2)CCO3)c1F. The maximum absolute atomic E-state index is 14.6. The van der Waals surface area contributed by atoms with Gasteiger partial charge in [0.05, 0.1) is 22.7 Å². The number of carboxylic acids is 1. The zero-order chi connectivity index (χ0) is 26.7. The average Bonchev–Trinajstić information content (AvgIpc) is 2.85. The summed E-state index contributed by atoms with van der Waals surface area (Å²) in [5.41, 5.74) is 0.221. The van der Waals surface area contributed by atoms with E-state index in [1.54, 1.807) is 38.1 Å². The molecule has 6 nitrogen and oxygen atoms in total. The largest absolute Gasteiger partial charge is 0.489 e. The molecule has 1 aliphatic heterocycles. The van der Waals surface area contributed by atoms with Gasteiger partial charge in [-0.1, -0.05) is 37.3 Å². The topological polar surface area (TPSA) is 83.9 Å². The number of benzene rings is 3. The molecule has 4 rings (SSSR count). The van der Waals surface area contributed by atoms with Gasteiger partial charge in [0.1, 0.15) is 18.2 Å². The zero-order valence-corrected chi connectivity index (χ0v) is 20.2. The summed E-state index contributed by atoms with van der Waals surface area (Å²) in [6.45, 7) is 3.15. The number of anilines is 1. The number of carbonyl (C=O) groups is 1. The van der Waals surface area contributed by atoms with Crippen LogP contribution in [-0.2, 0) is 21.0 Å². The minimum atomic E-state index is -4.68. The van der Waals surface area contributed by atoms with E-state index in [0.29, 0.717) is 17.2 Å². The number of hydrogen-bond acceptors (Lipinski definition) is 4. The first-order valence-electron chi connectivity index (χ1n) is 10.8. The highest BCUT2D eigenvalue weighted by molar-refractivity contribution is 7.92. The van der Waals surface area contributed by atoms with Crippen molar-refractivity contribution in [1.82, 2.24) is 0 Å². The molecule has 0 atom stereocenters. The standard InChI is InChI=1S/C22H17F4NO3S.C3H6O2/c1-14-4-2-7-18(21(14)23)15-8-9-20-19(12-15)27(10-11-30-20)31(28,29)17-6-3-5-16(13-17)22(24,25)26;1-2-3(4)5/h2-9,12-13H,10-11H2,1H3;2H2,1H3,(H,4,5). The van der Waals surface area contributed by atoms with Crippen molar-refractivity contribution < 1.29 is 40.6 Å². The van der Waals surface area contributed by atoms with Crippen molar-refractivity contribution in [2.45, 2.75) is 31.3 Å². The van der Waals surface area contributed by atoms with Crippen LogP contribution in [0.4, 0.5) is 23.2 Å². The maximum atomic E-state index is 14.6. The Hall–Kier alpha value is -3.60. The van der Waals surface area contributed by atoms with Crippen molar-refractivity contribution in [2.75, 3.05) is 17.5 Å². The number of carboxylic acid groups (broad SMARTS) is 1. The van der Waals surface area contributed by atoms with Crippen LogP contribution in [0, 0.1) is 12.7 Å². The minimum absolute atomic E-state index is 0.0311. The molecule has 0 saturated carbocycles. The summed E-state index contributed by atoms with van der Waals surface area (Å²) in [5, 5.41) is 7.72. The fourth-order valence-electron chi connectivity index (χ4n) is 3.44. The first kappa shape index (κ1) is 27.0. The highest BCUT2D eigenvalue weighted by atomic mass is 32.2. The van der Waals surface area contributed by atoms with Crippen molar-refractivity contribution in [3.05, 3.63) is 77.6 Å². The first-order chi connectivity index (χ1) is 16.9. The van der Waals surface area contributed by atoms with Gasteiger partial charge in [0.15, 0.2) is 0 Å². The average molecular weight is 526 g/mol. The van der Waals surface area contributed by atoms with Crippen molar-refractivity contribution in [1.29, 1.82) is 0 Å². The van der Waals surface area contributed by atoms with Gasteiger partial charge in [0.25, 0.3) is 10.0 Å². The van der Waals surface area contributed by atoms with Crippen molar-refractivity contribution in [3.63, 3.8) is 0 Å². The van der Waals surface area contributed by atoms with Gasteiger partial charge >= 0.3 is 12.1 Å². The van der Waals surface area contributed by atoms with Gasteiger partial charge in [-0.2, -0.15) is 13.2 Å². The van der Waals surface area contributed by atoms with E-state index < -0.39 is 38.4 Å². The normalized spacial score (nSPS) is 13.2. The molecule has 0 amide bonds. The fourth-order valence-corrected chi connectivity index (χ4v) is 4.94. The van der Waals surface area contributed by atoms with Crippen LogP contribution < -0.4 is 9.04 Å². The van der Waals surface area contributed by atoms with Crippen molar-refractivity contribution in [2.24, 2.45) is 0 Å². The Balaban J connectivity index is 0.000000658. The molecule has 1 heterocycles. The number of aliphatic carboxylic acids is 1. The lowest BCUT2D eigenvalue weighted by Crippen LogP contribution is -2.38. The molecule has 0 radical (unpaired) electrons. The lowest BCUT2D eigenvalue weighted by atomic mass is 10.0. The third kappa shape index (κ3) is 5.78. The fraction of sp³-hybridized carbons (Fsp3) is 0.240. The monoisotopic (exact) mass is 525 g/mol. The van der Waals surface area contributed by atoms with Gasteiger partial charge in [-0.3, -0.25) is 9.10 Å². The lowest BCUT2D eigenvalue weighted by molar-refractivity contribution is -0.138. The quantitative estimate of drug-likeness (QED) is 0.430. The van der Waals surface area contributed by atoms with E-state index in [-0.39, 0.29) is 36.6 Å². The molecule has 1 aliphatic rings. The summed E-state index contributed by atoms with van der Waals surface area (Å²) in [6, 6.07) is 13.1. The van der Waals surface area contributed by atoms with Crippen LogP contribution in [0.3, 0.4) is 0 Å². The van der Waals surface area contributed by atoms with E-state index in [4.69, 9.17) is 9.84 Å². The maximum Gasteiger partial charge on any atom is 0.416 e. The van der Waals surface area contributed by atoms with E-state index >= 15 is 0 Å². The van der Waals surface area contributed by atoms with Gasteiger partial charge in [-0.25, -0.2) is 12.8 Å². The number of rotatable bonds is 4. The van der Waals surface area contributed by atoms with Gasteiger partial charge in [0.2, 0.25) is 0 Å². The van der Waals surface area contributed by atoms with Gasteiger partial charge in [0, 0.05) is 12.0 Å². The van der Waals surface area contributed by atoms with E-state index in [0.717, 1.165) is 22.5 Å². The van der Waals surface area contributed by atoms with E-state index in [1.165, 1.54) is 12.1 Å². The number of halogens is 4. The molecule has 11 heteroatoms. The Labute approximate surface area is 205 Å². The van der Waals surface area contributed by atoms with Gasteiger partial charge < -0.3 is 9.84 Å². The molecule has 0 spiro atoms. The van der Waals surface area contributed by atoms with E-state index in [1.807, 2.05) is 0 Å². The Kier molecular flexibility index (Phi) is 7.92. The van der Waals surface area contributed by atoms with Crippen molar-refractivity contribution >= 4 is 21.7 Å². The Bertz CT molecular complexity index is 1370. The molecule has 0 aromatic heterocycles. The number of nitrogens with zero attached hydrogens (tertiary/aromatic N) is 1. The molecule has 0 saturated heterocycles. The zero-order valence-electron chi connectivity index (χ0n) is 19.3. The molecular formula is C25H23F4NO5S. The Morgan fingerprint density at radius 3 is 2.39 bits per heavy atom. The second kappa shape index (κ2) is 10.6. The smallest absolute Gasteiger partial charge is 0.416 e. The van der Waals surface area contributed by atoms with Crippen LogP contribution in [0.1, 0.15) is 24.5 Å². The number of hydrogen-bond donors (Lipinski definition) is 1. The molecular weight excluding hydrogens is 502 g/mol. The molecule has 36 heavy (non-hydrogen) atoms. The number of ether oxygens (including phenoxy) is 1. The Morgan fingerprint density at radius 1 is 1.08 bits per heavy atom. The highest BCUT2D eigenvalue weighted by Gasteiger charge is 2.35. The summed E-state index contributed by atoms with van der Waals surface area (Å²) >= 11 is 0. The molecule has 1 N–H and O–H groups in total. The van der Waals surface area contributed by atoms with Crippen LogP contribution in [-0.4, -0.2) is 32.6 Å². The van der Waals surface area contributed by atoms with Crippen LogP contribution in [0.2, 0.25) is 0 Å². The summed E-state index contributed by atoms with van der Waals surface area (Å²) < 4.78 is 86.8. The molecule has 3 aromatic carbocycles. The predicted molar refractivity (Wildman–Crippen MR) is 126 cm³/mol. The molecule has 0 unspecified atom stereocenters. The first-order valence-corrected chi connectivity index (χ1v) is 12.2. The molecule has 192 valence electrons. The van der Waals surface area contributed by atoms with Gasteiger partial charge in [-0.05, 0) is 48.4 Å². The molecule has 3 aromatic rings. The number of aryl methyl sites for hydroxylation is 1. The summed E-state index contributed by atoms with van der Waals surface area (Å²) in [4.78, 5) is 8.88. The summed E-state index contributed by atoms with van der Waals surface area (Å²) in [5.74, 6) is -0.935. The number of fused-ring (bicyclic) bond motifs is 1. The predicted octanol–water partition coefficient (Wildman–Crippen LogP) is 5.89. The second-order valence-electron chi connectivity index (χ2n) is 7.82. The summed E-state index contributed by atoms with van der Waals surface area (Å²) in [6.07, 6.45) is -4.45. The van der Waals surface area contributed by atoms with Crippen LogP contribution in [0.25, 0.3) is 11.1 Å². The third-order valence-electron chi connectivity index (χ3n) is 5.33. The summed E-state index contributed by atoms with van der Waals surface area (Å²) in [7, 11) is -4.32. The van der Waals surface area contributed by atoms with Crippen LogP contribution in [0.15, 0.2) is 65.6 Å². The van der Waals surface area contributed by atoms with Gasteiger partial charge in [-0.15, -0.1) is 0 Å². The molecule has 0 fully saturated rings. The Morgan fingerprint density at radius 2 is 1.75 bits per heavy atom. The lowest BCUT2D eigenvalue weighted by Gasteiger charge is -2.31. The van der Waals surface area contributed by atoms with E-state index in [2.05, 4.69) is 0 Å². The second-order valence-corrected chi connectivity index (χ2v) is 9.68. The third-order valence-corrected chi connectivity index (χ3v) is 7.14. The van der Waals surface area contributed by atoms with Crippen LogP contribution in [0.5, 0.6) is 5.75 Å². The number of sulfonamides is 1. The van der Waals surface area contributed by atoms with E-state index in [9.17, 15) is 30.8 Å². The highest BCUT2D eigenvalue weighted by Crippen LogP contribution is 2.40. The van der Waals surface area contributed by atoms with Crippen LogP contribution >= 0.6 is 0 Å². The molecule has 0 aliphatic carbocycles. The molecule has 0 bridgehead atoms. The minimum Gasteiger partial charge on any atom is -0.489 e.